The van der Waals surface area contributed by atoms with Crippen molar-refractivity contribution >= 4 is 12.0 Å². The van der Waals surface area contributed by atoms with Gasteiger partial charge in [-0.15, -0.1) is 0 Å². The number of aromatic nitrogens is 1. The Hall–Kier alpha value is -3.10. The molecular weight excluding hydrogens is 434 g/mol. The molecule has 3 heterocycles. The Kier molecular flexibility index (Phi) is 7.38. The van der Waals surface area contributed by atoms with Gasteiger partial charge < -0.3 is 24.2 Å². The van der Waals surface area contributed by atoms with Crippen molar-refractivity contribution in [3.05, 3.63) is 53.2 Å². The Bertz CT molecular complexity index is 1060. The molecule has 0 radical (unpaired) electrons. The number of pyridine rings is 1. The van der Waals surface area contributed by atoms with Crippen molar-refractivity contribution in [2.24, 2.45) is 5.92 Å². The highest BCUT2D eigenvalue weighted by Gasteiger charge is 2.34. The molecule has 1 N–H and O–H groups in total. The van der Waals surface area contributed by atoms with Gasteiger partial charge in [-0.1, -0.05) is 25.1 Å². The third-order valence-corrected chi connectivity index (χ3v) is 6.28. The van der Waals surface area contributed by atoms with Crippen molar-refractivity contribution in [1.82, 2.24) is 14.8 Å². The number of ether oxygens (including phenoxy) is 3. The Morgan fingerprint density at radius 3 is 2.85 bits per heavy atom. The number of aliphatic hydroxyl groups is 1. The number of amides is 1. The molecule has 2 aliphatic rings. The highest BCUT2D eigenvalue weighted by atomic mass is 16.7. The Morgan fingerprint density at radius 2 is 2.09 bits per heavy atom. The van der Waals surface area contributed by atoms with Crippen LogP contribution in [0.15, 0.2) is 36.5 Å². The lowest BCUT2D eigenvalue weighted by molar-refractivity contribution is 0.0325. The molecule has 8 nitrogen and oxygen atoms in total. The molecule has 8 heteroatoms. The van der Waals surface area contributed by atoms with Crippen LogP contribution in [-0.4, -0.2) is 71.5 Å². The average Bonchev–Trinajstić information content (AvgIpc) is 3.29. The van der Waals surface area contributed by atoms with Crippen LogP contribution >= 0.6 is 0 Å². The fraction of sp³-hybridized carbons (Fsp3) is 0.462. The van der Waals surface area contributed by atoms with E-state index in [-0.39, 0.29) is 37.4 Å². The maximum absolute atomic E-state index is 13.4. The molecule has 2 aliphatic heterocycles. The van der Waals surface area contributed by atoms with Gasteiger partial charge in [0.2, 0.25) is 12.7 Å². The van der Waals surface area contributed by atoms with Gasteiger partial charge in [0, 0.05) is 31.7 Å². The van der Waals surface area contributed by atoms with Crippen LogP contribution in [0.4, 0.5) is 0 Å². The minimum atomic E-state index is -0.307. The van der Waals surface area contributed by atoms with E-state index in [4.69, 9.17) is 14.2 Å². The highest BCUT2D eigenvalue weighted by molar-refractivity contribution is 5.97. The zero-order valence-electron chi connectivity index (χ0n) is 20.2. The summed E-state index contributed by atoms with van der Waals surface area (Å²) in [4.78, 5) is 21.8. The van der Waals surface area contributed by atoms with Crippen LogP contribution in [0.2, 0.25) is 0 Å². The number of allylic oxidation sites excluding steroid dienone is 1. The number of hydrogen-bond acceptors (Lipinski definition) is 7. The monoisotopic (exact) mass is 467 g/mol. The molecule has 3 atom stereocenters. The summed E-state index contributed by atoms with van der Waals surface area (Å²) in [5, 5.41) is 9.80. The van der Waals surface area contributed by atoms with Gasteiger partial charge in [-0.05, 0) is 50.2 Å². The van der Waals surface area contributed by atoms with E-state index in [1.807, 2.05) is 57.3 Å². The van der Waals surface area contributed by atoms with Gasteiger partial charge in [0.15, 0.2) is 11.5 Å². The smallest absolute Gasteiger partial charge is 0.259 e. The van der Waals surface area contributed by atoms with E-state index in [2.05, 4.69) is 16.8 Å². The number of carbonyl (C=O) groups excluding carboxylic acids is 1. The lowest BCUT2D eigenvalue weighted by Crippen LogP contribution is -2.49. The van der Waals surface area contributed by atoms with Gasteiger partial charge in [-0.3, -0.25) is 9.69 Å². The number of fused-ring (bicyclic) bond motifs is 2. The van der Waals surface area contributed by atoms with Crippen molar-refractivity contribution in [2.75, 3.05) is 33.5 Å². The van der Waals surface area contributed by atoms with E-state index in [0.29, 0.717) is 31.1 Å². The summed E-state index contributed by atoms with van der Waals surface area (Å²) in [6.45, 7) is 7.83. The van der Waals surface area contributed by atoms with Gasteiger partial charge in [0.05, 0.1) is 12.6 Å². The van der Waals surface area contributed by atoms with Crippen LogP contribution in [0.25, 0.3) is 6.08 Å². The number of likely N-dealkylation sites (N-methyl/N-ethyl adjacent to an activating group) is 1. The third-order valence-electron chi connectivity index (χ3n) is 6.28. The highest BCUT2D eigenvalue weighted by Crippen LogP contribution is 2.33. The molecule has 0 fully saturated rings. The molecule has 0 spiro atoms. The molecule has 1 amide bonds. The minimum absolute atomic E-state index is 0.0299. The number of carbonyl (C=O) groups is 1. The first-order valence-electron chi connectivity index (χ1n) is 11.7. The first kappa shape index (κ1) is 24.0. The van der Waals surface area contributed by atoms with Crippen LogP contribution < -0.4 is 14.2 Å². The molecule has 0 saturated carbocycles. The first-order valence-corrected chi connectivity index (χ1v) is 11.7. The zero-order chi connectivity index (χ0) is 24.2. The molecular formula is C26H33N3O5. The summed E-state index contributed by atoms with van der Waals surface area (Å²) in [6, 6.07) is 7.48. The molecule has 2 aromatic rings. The van der Waals surface area contributed by atoms with Crippen molar-refractivity contribution < 1.29 is 24.1 Å². The molecule has 4 rings (SSSR count). The largest absolute Gasteiger partial charge is 0.472 e. The van der Waals surface area contributed by atoms with E-state index in [1.165, 1.54) is 0 Å². The topological polar surface area (TPSA) is 84.4 Å². The predicted molar refractivity (Wildman–Crippen MR) is 129 cm³/mol. The quantitative estimate of drug-likeness (QED) is 0.669. The summed E-state index contributed by atoms with van der Waals surface area (Å²) < 4.78 is 17.3. The second-order valence-electron chi connectivity index (χ2n) is 9.13. The van der Waals surface area contributed by atoms with Crippen LogP contribution in [0.5, 0.6) is 17.4 Å². The average molecular weight is 468 g/mol. The van der Waals surface area contributed by atoms with Crippen LogP contribution in [-0.2, 0) is 6.54 Å². The van der Waals surface area contributed by atoms with Crippen molar-refractivity contribution in [3.8, 4) is 17.4 Å². The standard InChI is InChI=1S/C26H33N3O5/c1-5-6-19-9-21-25(27-11-19)34-24(17(2)12-29(26(21)31)18(3)15-30)14-28(4)13-20-7-8-22-23(10-20)33-16-32-22/h5-11,17-18,24,30H,12-16H2,1-4H3/b6-5+/t17-,18+,24+/m0/s1. The first-order chi connectivity index (χ1) is 16.4. The molecule has 34 heavy (non-hydrogen) atoms. The Morgan fingerprint density at radius 1 is 1.29 bits per heavy atom. The van der Waals surface area contributed by atoms with Crippen molar-refractivity contribution in [1.29, 1.82) is 0 Å². The van der Waals surface area contributed by atoms with Gasteiger partial charge >= 0.3 is 0 Å². The fourth-order valence-corrected chi connectivity index (χ4v) is 4.34. The molecule has 1 aromatic carbocycles. The minimum Gasteiger partial charge on any atom is -0.472 e. The Balaban J connectivity index is 1.57. The summed E-state index contributed by atoms with van der Waals surface area (Å²) in [5.41, 5.74) is 2.37. The predicted octanol–water partition coefficient (Wildman–Crippen LogP) is 3.20. The molecule has 1 aromatic heterocycles. The number of aliphatic hydroxyl groups excluding tert-OH is 1. The van der Waals surface area contributed by atoms with E-state index < -0.39 is 0 Å². The maximum Gasteiger partial charge on any atom is 0.259 e. The number of hydrogen-bond donors (Lipinski definition) is 1. The SMILES string of the molecule is C/C=C/c1cnc2c(c1)C(=O)N([C@H](C)CO)C[C@H](C)[C@@H](CN(C)Cc1ccc3c(c1)OCO3)O2. The van der Waals surface area contributed by atoms with Crippen LogP contribution in [0, 0.1) is 5.92 Å². The molecule has 0 aliphatic carbocycles. The summed E-state index contributed by atoms with van der Waals surface area (Å²) in [7, 11) is 2.04. The molecule has 182 valence electrons. The summed E-state index contributed by atoms with van der Waals surface area (Å²) in [5.74, 6) is 1.73. The zero-order valence-corrected chi connectivity index (χ0v) is 20.2. The Labute approximate surface area is 200 Å². The van der Waals surface area contributed by atoms with E-state index in [1.54, 1.807) is 11.1 Å². The number of benzene rings is 1. The van der Waals surface area contributed by atoms with E-state index >= 15 is 0 Å². The van der Waals surface area contributed by atoms with Crippen LogP contribution in [0.3, 0.4) is 0 Å². The van der Waals surface area contributed by atoms with Crippen molar-refractivity contribution in [3.63, 3.8) is 0 Å². The summed E-state index contributed by atoms with van der Waals surface area (Å²) in [6.07, 6.45) is 5.32. The lowest BCUT2D eigenvalue weighted by Gasteiger charge is -2.37. The second kappa shape index (κ2) is 10.4. The number of nitrogens with zero attached hydrogens (tertiary/aromatic N) is 3. The van der Waals surface area contributed by atoms with E-state index in [9.17, 15) is 9.90 Å². The van der Waals surface area contributed by atoms with Gasteiger partial charge in [0.1, 0.15) is 11.7 Å². The maximum atomic E-state index is 13.4. The fourth-order valence-electron chi connectivity index (χ4n) is 4.34. The third kappa shape index (κ3) is 5.18. The van der Waals surface area contributed by atoms with Gasteiger partial charge in [0.25, 0.3) is 5.91 Å². The van der Waals surface area contributed by atoms with Gasteiger partial charge in [-0.25, -0.2) is 4.98 Å². The molecule has 0 bridgehead atoms. The van der Waals surface area contributed by atoms with Gasteiger partial charge in [-0.2, -0.15) is 0 Å². The van der Waals surface area contributed by atoms with E-state index in [0.717, 1.165) is 22.6 Å². The molecule has 0 saturated heterocycles. The van der Waals surface area contributed by atoms with Crippen LogP contribution in [0.1, 0.15) is 42.3 Å². The normalized spacial score (nSPS) is 20.8. The molecule has 0 unspecified atom stereocenters. The van der Waals surface area contributed by atoms with Crippen molar-refractivity contribution in [2.45, 2.75) is 39.5 Å². The number of rotatable bonds is 7. The lowest BCUT2D eigenvalue weighted by atomic mass is 9.99. The summed E-state index contributed by atoms with van der Waals surface area (Å²) >= 11 is 0. The second-order valence-corrected chi connectivity index (χ2v) is 9.13.